The molecular formula is C18H27N5O2. The van der Waals surface area contributed by atoms with Gasteiger partial charge in [-0.3, -0.25) is 9.69 Å². The van der Waals surface area contributed by atoms with Crippen LogP contribution in [0.25, 0.3) is 0 Å². The largest absolute Gasteiger partial charge is 0.360 e. The molecule has 1 aliphatic heterocycles. The van der Waals surface area contributed by atoms with Crippen molar-refractivity contribution in [3.8, 4) is 0 Å². The summed E-state index contributed by atoms with van der Waals surface area (Å²) in [7, 11) is 0. The van der Waals surface area contributed by atoms with Gasteiger partial charge >= 0.3 is 0 Å². The molecular weight excluding hydrogens is 318 g/mol. The van der Waals surface area contributed by atoms with Crippen LogP contribution in [0.4, 0.5) is 5.82 Å². The first kappa shape index (κ1) is 17.7. The lowest BCUT2D eigenvalue weighted by molar-refractivity contribution is -0.122. The minimum Gasteiger partial charge on any atom is -0.360 e. The van der Waals surface area contributed by atoms with E-state index < -0.39 is 0 Å². The highest BCUT2D eigenvalue weighted by atomic mass is 16.5. The van der Waals surface area contributed by atoms with E-state index in [9.17, 15) is 4.79 Å². The lowest BCUT2D eigenvalue weighted by Gasteiger charge is -2.34. The molecule has 0 saturated heterocycles. The number of amides is 1. The number of carbonyl (C=O) groups is 1. The molecule has 1 atom stereocenters. The number of unbranched alkanes of at least 4 members (excludes halogenated alkanes) is 1. The van der Waals surface area contributed by atoms with Crippen LogP contribution in [0.3, 0.4) is 0 Å². The molecule has 3 rings (SSSR count). The lowest BCUT2D eigenvalue weighted by atomic mass is 10.1. The molecule has 1 amide bonds. The fourth-order valence-corrected chi connectivity index (χ4v) is 3.41. The van der Waals surface area contributed by atoms with Crippen LogP contribution < -0.4 is 5.32 Å². The van der Waals surface area contributed by atoms with Crippen LogP contribution in [0, 0.1) is 20.8 Å². The molecule has 0 fully saturated rings. The van der Waals surface area contributed by atoms with Gasteiger partial charge in [0.1, 0.15) is 11.6 Å². The summed E-state index contributed by atoms with van der Waals surface area (Å²) in [5.41, 5.74) is 2.30. The summed E-state index contributed by atoms with van der Waals surface area (Å²) in [6.07, 6.45) is 2.91. The summed E-state index contributed by atoms with van der Waals surface area (Å²) in [6.45, 7) is 10.5. The van der Waals surface area contributed by atoms with Crippen molar-refractivity contribution in [2.24, 2.45) is 0 Å². The summed E-state index contributed by atoms with van der Waals surface area (Å²) in [5, 5.41) is 6.77. The molecule has 0 aliphatic carbocycles. The van der Waals surface area contributed by atoms with Crippen LogP contribution in [0.1, 0.15) is 49.2 Å². The summed E-state index contributed by atoms with van der Waals surface area (Å²) in [6, 6.07) is 1.56. The van der Waals surface area contributed by atoms with Crippen molar-refractivity contribution in [3.63, 3.8) is 0 Å². The van der Waals surface area contributed by atoms with E-state index >= 15 is 0 Å². The average molecular weight is 345 g/mol. The first-order valence-electron chi connectivity index (χ1n) is 9.00. The molecule has 3 heterocycles. The SMILES string of the molecule is CCCC[C@H](C(=O)Nc1cc(C)on1)N1CCn2c(nc(C)c2C)C1. The Kier molecular flexibility index (Phi) is 5.22. The number of aromatic nitrogens is 3. The molecule has 7 heteroatoms. The molecule has 2 aromatic heterocycles. The monoisotopic (exact) mass is 345 g/mol. The Morgan fingerprint density at radius 3 is 2.84 bits per heavy atom. The highest BCUT2D eigenvalue weighted by Gasteiger charge is 2.30. The highest BCUT2D eigenvalue weighted by molar-refractivity contribution is 5.94. The predicted octanol–water partition coefficient (Wildman–Crippen LogP) is 2.81. The minimum atomic E-state index is -0.178. The molecule has 0 aromatic carbocycles. The molecule has 136 valence electrons. The van der Waals surface area contributed by atoms with E-state index in [0.29, 0.717) is 18.1 Å². The molecule has 0 radical (unpaired) electrons. The van der Waals surface area contributed by atoms with Crippen LogP contribution in [-0.4, -0.2) is 38.1 Å². The van der Waals surface area contributed by atoms with E-state index in [0.717, 1.165) is 43.9 Å². The Bertz CT molecular complexity index is 749. The molecule has 7 nitrogen and oxygen atoms in total. The van der Waals surface area contributed by atoms with Gasteiger partial charge in [-0.15, -0.1) is 0 Å². The van der Waals surface area contributed by atoms with Gasteiger partial charge in [0.15, 0.2) is 5.82 Å². The zero-order valence-corrected chi connectivity index (χ0v) is 15.5. The second kappa shape index (κ2) is 7.39. The quantitative estimate of drug-likeness (QED) is 0.871. The van der Waals surface area contributed by atoms with E-state index in [-0.39, 0.29) is 11.9 Å². The van der Waals surface area contributed by atoms with Gasteiger partial charge in [0.25, 0.3) is 0 Å². The molecule has 25 heavy (non-hydrogen) atoms. The van der Waals surface area contributed by atoms with Gasteiger partial charge in [0.05, 0.1) is 18.3 Å². The summed E-state index contributed by atoms with van der Waals surface area (Å²) >= 11 is 0. The molecule has 0 bridgehead atoms. The number of carbonyl (C=O) groups excluding carboxylic acids is 1. The Morgan fingerprint density at radius 2 is 2.16 bits per heavy atom. The molecule has 0 saturated carbocycles. The number of nitrogens with one attached hydrogen (secondary N) is 1. The van der Waals surface area contributed by atoms with Gasteiger partial charge in [-0.05, 0) is 27.2 Å². The Morgan fingerprint density at radius 1 is 1.36 bits per heavy atom. The molecule has 2 aromatic rings. The highest BCUT2D eigenvalue weighted by Crippen LogP contribution is 2.21. The zero-order valence-electron chi connectivity index (χ0n) is 15.5. The fourth-order valence-electron chi connectivity index (χ4n) is 3.41. The van der Waals surface area contributed by atoms with Crippen LogP contribution >= 0.6 is 0 Å². The van der Waals surface area contributed by atoms with Gasteiger partial charge in [0, 0.05) is 24.8 Å². The number of aryl methyl sites for hydroxylation is 2. The Balaban J connectivity index is 1.75. The summed E-state index contributed by atoms with van der Waals surface area (Å²) < 4.78 is 7.31. The van der Waals surface area contributed by atoms with Crippen LogP contribution in [-0.2, 0) is 17.9 Å². The number of fused-ring (bicyclic) bond motifs is 1. The van der Waals surface area contributed by atoms with Crippen molar-refractivity contribution in [1.29, 1.82) is 0 Å². The number of hydrogen-bond donors (Lipinski definition) is 1. The van der Waals surface area contributed by atoms with Gasteiger partial charge in [-0.1, -0.05) is 24.9 Å². The van der Waals surface area contributed by atoms with Gasteiger partial charge in [0.2, 0.25) is 5.91 Å². The second-order valence-electron chi connectivity index (χ2n) is 6.79. The van der Waals surface area contributed by atoms with Crippen molar-refractivity contribution in [1.82, 2.24) is 19.6 Å². The Hall–Kier alpha value is -2.15. The average Bonchev–Trinajstić information content (AvgIpc) is 3.11. The van der Waals surface area contributed by atoms with Crippen molar-refractivity contribution >= 4 is 11.7 Å². The molecule has 0 spiro atoms. The number of imidazole rings is 1. The zero-order chi connectivity index (χ0) is 18.0. The predicted molar refractivity (Wildman–Crippen MR) is 95.3 cm³/mol. The van der Waals surface area contributed by atoms with Crippen LogP contribution in [0.5, 0.6) is 0 Å². The van der Waals surface area contributed by atoms with Crippen molar-refractivity contribution < 1.29 is 9.32 Å². The first-order chi connectivity index (χ1) is 12.0. The molecule has 1 aliphatic rings. The minimum absolute atomic E-state index is 0.0183. The van der Waals surface area contributed by atoms with Gasteiger partial charge in [-0.25, -0.2) is 4.98 Å². The van der Waals surface area contributed by atoms with Crippen molar-refractivity contribution in [2.45, 2.75) is 66.1 Å². The summed E-state index contributed by atoms with van der Waals surface area (Å²) in [5.74, 6) is 2.20. The van der Waals surface area contributed by atoms with E-state index in [4.69, 9.17) is 4.52 Å². The maximum atomic E-state index is 12.8. The molecule has 1 N–H and O–H groups in total. The van der Waals surface area contributed by atoms with Crippen molar-refractivity contribution in [3.05, 3.63) is 29.0 Å². The second-order valence-corrected chi connectivity index (χ2v) is 6.79. The number of anilines is 1. The van der Waals surface area contributed by atoms with E-state index in [1.165, 1.54) is 5.69 Å². The third-order valence-corrected chi connectivity index (χ3v) is 4.95. The topological polar surface area (TPSA) is 76.2 Å². The lowest BCUT2D eigenvalue weighted by Crippen LogP contribution is -2.47. The van der Waals surface area contributed by atoms with Crippen LogP contribution in [0.15, 0.2) is 10.6 Å². The van der Waals surface area contributed by atoms with E-state index in [1.54, 1.807) is 6.07 Å². The first-order valence-corrected chi connectivity index (χ1v) is 9.00. The summed E-state index contributed by atoms with van der Waals surface area (Å²) in [4.78, 5) is 19.8. The van der Waals surface area contributed by atoms with E-state index in [2.05, 4.69) is 38.8 Å². The maximum Gasteiger partial charge on any atom is 0.242 e. The van der Waals surface area contributed by atoms with Gasteiger partial charge in [-0.2, -0.15) is 0 Å². The maximum absolute atomic E-state index is 12.8. The van der Waals surface area contributed by atoms with E-state index in [1.807, 2.05) is 13.8 Å². The molecule has 0 unspecified atom stereocenters. The number of rotatable bonds is 6. The number of hydrogen-bond acceptors (Lipinski definition) is 5. The van der Waals surface area contributed by atoms with Crippen molar-refractivity contribution in [2.75, 3.05) is 11.9 Å². The third kappa shape index (κ3) is 3.76. The Labute approximate surface area is 148 Å². The third-order valence-electron chi connectivity index (χ3n) is 4.95. The normalized spacial score (nSPS) is 15.8. The fraction of sp³-hybridized carbons (Fsp3) is 0.611. The smallest absolute Gasteiger partial charge is 0.242 e. The van der Waals surface area contributed by atoms with Crippen LogP contribution in [0.2, 0.25) is 0 Å². The standard InChI is InChI=1S/C18H27N5O2/c1-5-6-7-15(18(24)20-16-10-12(2)25-21-16)22-8-9-23-14(4)13(3)19-17(23)11-22/h10,15H,5-9,11H2,1-4H3,(H,20,21,24)/t15-/m1/s1. The van der Waals surface area contributed by atoms with Gasteiger partial charge < -0.3 is 14.4 Å². The number of nitrogens with zero attached hydrogens (tertiary/aromatic N) is 4.